The number of fused-ring (bicyclic) bond motifs is 2. The van der Waals surface area contributed by atoms with Gasteiger partial charge in [0.25, 0.3) is 0 Å². The predicted molar refractivity (Wildman–Crippen MR) is 174 cm³/mol. The zero-order valence-electron chi connectivity index (χ0n) is 25.3. The van der Waals surface area contributed by atoms with Gasteiger partial charge in [-0.25, -0.2) is 4.79 Å². The van der Waals surface area contributed by atoms with Gasteiger partial charge in [0.05, 0.1) is 42.1 Å². The Morgan fingerprint density at radius 3 is 1.57 bits per heavy atom. The molecule has 236 valence electrons. The minimum absolute atomic E-state index is 0.0285. The van der Waals surface area contributed by atoms with Crippen LogP contribution in [0, 0.1) is 0 Å². The van der Waals surface area contributed by atoms with Crippen LogP contribution in [0.3, 0.4) is 0 Å². The minimum atomic E-state index is -0.730. The van der Waals surface area contributed by atoms with Gasteiger partial charge >= 0.3 is 5.97 Å². The van der Waals surface area contributed by atoms with Gasteiger partial charge < -0.3 is 35.9 Å². The van der Waals surface area contributed by atoms with Crippen molar-refractivity contribution in [3.05, 3.63) is 95.6 Å². The van der Waals surface area contributed by atoms with E-state index in [1.807, 2.05) is 0 Å². The van der Waals surface area contributed by atoms with Crippen molar-refractivity contribution in [2.24, 2.45) is 0 Å². The summed E-state index contributed by atoms with van der Waals surface area (Å²) >= 11 is 0. The molecule has 0 fully saturated rings. The molecule has 0 unspecified atom stereocenters. The molecule has 0 radical (unpaired) electrons. The first-order chi connectivity index (χ1) is 22.2. The molecule has 0 aliphatic heterocycles. The van der Waals surface area contributed by atoms with Crippen LogP contribution in [-0.4, -0.2) is 47.6 Å². The molecule has 4 aromatic rings. The van der Waals surface area contributed by atoms with Gasteiger partial charge in [-0.1, -0.05) is 44.2 Å². The molecule has 1 aliphatic rings. The Bertz CT molecular complexity index is 1830. The Hall–Kier alpha value is -5.77. The van der Waals surface area contributed by atoms with E-state index in [2.05, 4.69) is 13.5 Å². The predicted octanol–water partition coefficient (Wildman–Crippen LogP) is 6.05. The number of aromatic hydroxyl groups is 2. The molecule has 0 aromatic heterocycles. The third-order valence-corrected chi connectivity index (χ3v) is 7.63. The van der Waals surface area contributed by atoms with Gasteiger partial charge in [0, 0.05) is 35.0 Å². The Morgan fingerprint density at radius 1 is 0.717 bits per heavy atom. The summed E-state index contributed by atoms with van der Waals surface area (Å²) in [7, 11) is 0. The number of ether oxygens (including phenoxy) is 3. The zero-order valence-corrected chi connectivity index (χ0v) is 25.3. The number of anilines is 2. The molecule has 0 bridgehead atoms. The van der Waals surface area contributed by atoms with E-state index in [1.165, 1.54) is 12.1 Å². The normalized spacial score (nSPS) is 11.8. The highest BCUT2D eigenvalue weighted by Crippen LogP contribution is 2.47. The summed E-state index contributed by atoms with van der Waals surface area (Å²) in [6.07, 6.45) is 3.48. The number of nitrogen functional groups attached to an aromatic ring is 2. The van der Waals surface area contributed by atoms with Crippen LogP contribution in [0.5, 0.6) is 23.0 Å². The maximum atomic E-state index is 13.9. The molecular weight excluding hydrogens is 588 g/mol. The number of carbonyl (C=O) groups excluding carboxylic acids is 3. The fourth-order valence-corrected chi connectivity index (χ4v) is 5.28. The van der Waals surface area contributed by atoms with Crippen molar-refractivity contribution in [2.45, 2.75) is 26.2 Å². The molecule has 4 aromatic carbocycles. The van der Waals surface area contributed by atoms with Gasteiger partial charge in [-0.2, -0.15) is 0 Å². The maximum Gasteiger partial charge on any atom is 0.330 e. The van der Waals surface area contributed by atoms with Crippen LogP contribution < -0.4 is 20.9 Å². The van der Waals surface area contributed by atoms with E-state index in [9.17, 15) is 24.6 Å². The van der Waals surface area contributed by atoms with Gasteiger partial charge in [0.2, 0.25) is 11.6 Å². The lowest BCUT2D eigenvalue weighted by Gasteiger charge is -2.24. The van der Waals surface area contributed by atoms with Gasteiger partial charge in [0.1, 0.15) is 23.0 Å². The second kappa shape index (κ2) is 13.5. The number of rotatable bonds is 12. The summed E-state index contributed by atoms with van der Waals surface area (Å²) in [6.45, 7) is 6.47. The zero-order chi connectivity index (χ0) is 33.0. The van der Waals surface area contributed by atoms with E-state index in [0.717, 1.165) is 18.9 Å². The molecule has 5 rings (SSSR count). The smallest absolute Gasteiger partial charge is 0.330 e. The number of ketones is 2. The fourth-order valence-electron chi connectivity index (χ4n) is 5.28. The monoisotopic (exact) mass is 622 g/mol. The number of phenols is 2. The first-order valence-corrected chi connectivity index (χ1v) is 14.8. The van der Waals surface area contributed by atoms with Crippen molar-refractivity contribution in [3.63, 3.8) is 0 Å². The summed E-state index contributed by atoms with van der Waals surface area (Å²) in [6, 6.07) is 16.5. The Balaban J connectivity index is 1.43. The molecule has 0 saturated heterocycles. The van der Waals surface area contributed by atoms with E-state index in [1.54, 1.807) is 48.5 Å². The van der Waals surface area contributed by atoms with Crippen molar-refractivity contribution in [1.82, 2.24) is 0 Å². The van der Waals surface area contributed by atoms with Crippen LogP contribution in [0.1, 0.15) is 58.0 Å². The first-order valence-electron chi connectivity index (χ1n) is 14.8. The summed E-state index contributed by atoms with van der Waals surface area (Å²) in [5.41, 5.74) is 13.2. The lowest BCUT2D eigenvalue weighted by atomic mass is 9.78. The molecule has 46 heavy (non-hydrogen) atoms. The van der Waals surface area contributed by atoms with Crippen molar-refractivity contribution < 1.29 is 38.8 Å². The molecule has 0 atom stereocenters. The third-order valence-electron chi connectivity index (χ3n) is 7.63. The molecule has 0 saturated carbocycles. The Labute approximate surface area is 265 Å². The van der Waals surface area contributed by atoms with Gasteiger partial charge in [-0.05, 0) is 53.9 Å². The molecule has 0 spiro atoms. The highest BCUT2D eigenvalue weighted by molar-refractivity contribution is 6.34. The lowest BCUT2D eigenvalue weighted by molar-refractivity contribution is -0.137. The number of hydrogen-bond acceptors (Lipinski definition) is 10. The summed E-state index contributed by atoms with van der Waals surface area (Å²) in [4.78, 5) is 38.8. The molecular formula is C36H34N2O8. The van der Waals surface area contributed by atoms with Crippen LogP contribution in [0.4, 0.5) is 11.4 Å². The first kappa shape index (κ1) is 31.6. The van der Waals surface area contributed by atoms with Crippen LogP contribution in [0.15, 0.2) is 73.3 Å². The second-order valence-electron chi connectivity index (χ2n) is 10.7. The Kier molecular flexibility index (Phi) is 9.27. The highest BCUT2D eigenvalue weighted by atomic mass is 16.5. The Morgan fingerprint density at radius 2 is 1.15 bits per heavy atom. The maximum absolute atomic E-state index is 13.9. The standard InChI is InChI=1S/C36H34N2O8/c1-3-5-15-44-22-11-7-20(8-12-22)24-18-26(37)29-31(33(24)40)35(42)30-27(38)19-25(34(41)32(30)36(29)43)21-9-13-23(14-10-21)45-16-6-17-46-28(39)4-2/h4,7-14,18-19,40-41H,2-3,5-6,15-17,37-38H2,1H3. The van der Waals surface area contributed by atoms with Crippen LogP contribution in [0.2, 0.25) is 0 Å². The number of hydrogen-bond donors (Lipinski definition) is 4. The van der Waals surface area contributed by atoms with Crippen molar-refractivity contribution >= 4 is 28.9 Å². The van der Waals surface area contributed by atoms with Crippen LogP contribution in [-0.2, 0) is 9.53 Å². The van der Waals surface area contributed by atoms with Crippen molar-refractivity contribution in [1.29, 1.82) is 0 Å². The number of benzene rings is 4. The summed E-state index contributed by atoms with van der Waals surface area (Å²) < 4.78 is 16.3. The van der Waals surface area contributed by atoms with E-state index < -0.39 is 29.0 Å². The van der Waals surface area contributed by atoms with Crippen molar-refractivity contribution in [2.75, 3.05) is 31.3 Å². The topological polar surface area (TPSA) is 171 Å². The van der Waals surface area contributed by atoms with E-state index >= 15 is 0 Å². The van der Waals surface area contributed by atoms with Crippen molar-refractivity contribution in [3.8, 4) is 45.3 Å². The number of esters is 1. The molecule has 6 N–H and O–H groups in total. The summed E-state index contributed by atoms with van der Waals surface area (Å²) in [5.74, 6) is -1.62. The average molecular weight is 623 g/mol. The molecule has 0 heterocycles. The fraction of sp³-hybridized carbons (Fsp3) is 0.194. The van der Waals surface area contributed by atoms with E-state index in [-0.39, 0.29) is 51.4 Å². The van der Waals surface area contributed by atoms with Crippen LogP contribution in [0.25, 0.3) is 22.3 Å². The average Bonchev–Trinajstić information content (AvgIpc) is 3.05. The third kappa shape index (κ3) is 6.10. The lowest BCUT2D eigenvalue weighted by Crippen LogP contribution is -2.24. The molecule has 0 amide bonds. The molecule has 10 nitrogen and oxygen atoms in total. The van der Waals surface area contributed by atoms with Gasteiger partial charge in [-0.3, -0.25) is 9.59 Å². The van der Waals surface area contributed by atoms with E-state index in [0.29, 0.717) is 42.3 Å². The number of carbonyl (C=O) groups is 3. The largest absolute Gasteiger partial charge is 0.506 e. The molecule has 1 aliphatic carbocycles. The quantitative estimate of drug-likeness (QED) is 0.0422. The SMILES string of the molecule is C=CC(=O)OCCCOc1ccc(-c2cc(N)c3c(c2O)C(=O)c2c(N)cc(-c4ccc(OCCCC)cc4)c(O)c2C3=O)cc1. The summed E-state index contributed by atoms with van der Waals surface area (Å²) in [5, 5.41) is 22.6. The van der Waals surface area contributed by atoms with Crippen LogP contribution >= 0.6 is 0 Å². The van der Waals surface area contributed by atoms with E-state index in [4.69, 9.17) is 25.7 Å². The number of nitrogens with two attached hydrogens (primary N) is 2. The minimum Gasteiger partial charge on any atom is -0.506 e. The highest BCUT2D eigenvalue weighted by Gasteiger charge is 2.39. The van der Waals surface area contributed by atoms with Gasteiger partial charge in [-0.15, -0.1) is 0 Å². The molecule has 10 heteroatoms. The second-order valence-corrected chi connectivity index (χ2v) is 10.7. The van der Waals surface area contributed by atoms with Gasteiger partial charge in [0.15, 0.2) is 0 Å². The number of unbranched alkanes of at least 4 members (excludes halogenated alkanes) is 1. The number of phenolic OH excluding ortho intramolecular Hbond substituents is 2.